The van der Waals surface area contributed by atoms with Gasteiger partial charge in [0.2, 0.25) is 0 Å². The molecule has 2 N–H and O–H groups in total. The van der Waals surface area contributed by atoms with Crippen molar-refractivity contribution in [3.63, 3.8) is 0 Å². The lowest BCUT2D eigenvalue weighted by atomic mass is 10.0. The number of aryl methyl sites for hydroxylation is 2. The van der Waals surface area contributed by atoms with E-state index in [0.717, 1.165) is 30.8 Å². The summed E-state index contributed by atoms with van der Waals surface area (Å²) in [5.74, 6) is 0.431. The van der Waals surface area contributed by atoms with Gasteiger partial charge in [-0.15, -0.1) is 0 Å². The minimum absolute atomic E-state index is 0.431. The highest BCUT2D eigenvalue weighted by Gasteiger charge is 2.20. The van der Waals surface area contributed by atoms with Crippen molar-refractivity contribution < 1.29 is 5.11 Å². The van der Waals surface area contributed by atoms with Gasteiger partial charge in [-0.25, -0.2) is 0 Å². The third kappa shape index (κ3) is 3.03. The molecule has 0 bridgehead atoms. The first kappa shape index (κ1) is 13.4. The second-order valence-corrected chi connectivity index (χ2v) is 5.74. The first-order valence-corrected chi connectivity index (χ1v) is 6.73. The van der Waals surface area contributed by atoms with E-state index in [9.17, 15) is 5.11 Å². The largest absolute Gasteiger partial charge is 0.507 e. The summed E-state index contributed by atoms with van der Waals surface area (Å²) in [7, 11) is 0. The number of phenols is 1. The van der Waals surface area contributed by atoms with Crippen LogP contribution in [-0.4, -0.2) is 35.2 Å². The van der Waals surface area contributed by atoms with Crippen molar-refractivity contribution in [2.75, 3.05) is 13.1 Å². The van der Waals surface area contributed by atoms with E-state index in [4.69, 9.17) is 0 Å². The first-order chi connectivity index (χ1) is 8.45. The van der Waals surface area contributed by atoms with E-state index in [1.165, 1.54) is 5.56 Å². The standard InChI is InChI=1S/C15H24N2O/c1-10-5-14(6-11(2)15(10)18)9-17-7-12(3)16-13(4)8-17/h5-6,12-13,16,18H,7-9H2,1-4H3. The summed E-state index contributed by atoms with van der Waals surface area (Å²) in [6.07, 6.45) is 0. The minimum atomic E-state index is 0.431. The zero-order chi connectivity index (χ0) is 13.3. The molecule has 0 spiro atoms. The molecular formula is C15H24N2O. The number of aromatic hydroxyl groups is 1. The molecule has 2 atom stereocenters. The van der Waals surface area contributed by atoms with Gasteiger partial charge in [-0.2, -0.15) is 0 Å². The Hall–Kier alpha value is -1.06. The topological polar surface area (TPSA) is 35.5 Å². The number of hydrogen-bond donors (Lipinski definition) is 2. The number of phenolic OH excluding ortho intramolecular Hbond substituents is 1. The van der Waals surface area contributed by atoms with Crippen molar-refractivity contribution in [1.29, 1.82) is 0 Å². The Kier molecular flexibility index (Phi) is 3.93. The fourth-order valence-corrected chi connectivity index (χ4v) is 2.96. The van der Waals surface area contributed by atoms with Gasteiger partial charge >= 0.3 is 0 Å². The molecule has 3 nitrogen and oxygen atoms in total. The van der Waals surface area contributed by atoms with Crippen LogP contribution in [0.1, 0.15) is 30.5 Å². The first-order valence-electron chi connectivity index (χ1n) is 6.73. The van der Waals surface area contributed by atoms with Crippen LogP contribution < -0.4 is 5.32 Å². The van der Waals surface area contributed by atoms with Crippen LogP contribution >= 0.6 is 0 Å². The maximum atomic E-state index is 9.80. The summed E-state index contributed by atoms with van der Waals surface area (Å²) < 4.78 is 0. The summed E-state index contributed by atoms with van der Waals surface area (Å²) in [5.41, 5.74) is 3.24. The molecule has 0 aliphatic carbocycles. The van der Waals surface area contributed by atoms with Crippen molar-refractivity contribution in [3.8, 4) is 5.75 Å². The molecule has 1 aromatic carbocycles. The molecule has 1 saturated heterocycles. The smallest absolute Gasteiger partial charge is 0.121 e. The van der Waals surface area contributed by atoms with Gasteiger partial charge in [0.05, 0.1) is 0 Å². The molecule has 0 saturated carbocycles. The van der Waals surface area contributed by atoms with Crippen LogP contribution in [0.25, 0.3) is 0 Å². The van der Waals surface area contributed by atoms with Crippen molar-refractivity contribution in [3.05, 3.63) is 28.8 Å². The Balaban J connectivity index is 2.09. The molecule has 2 unspecified atom stereocenters. The highest BCUT2D eigenvalue weighted by molar-refractivity contribution is 5.42. The molecule has 2 rings (SSSR count). The Morgan fingerprint density at radius 2 is 1.67 bits per heavy atom. The highest BCUT2D eigenvalue weighted by atomic mass is 16.3. The van der Waals surface area contributed by atoms with E-state index in [1.54, 1.807) is 0 Å². The molecule has 0 aromatic heterocycles. The predicted molar refractivity (Wildman–Crippen MR) is 74.9 cm³/mol. The second-order valence-electron chi connectivity index (χ2n) is 5.74. The Labute approximate surface area is 110 Å². The van der Waals surface area contributed by atoms with Crippen molar-refractivity contribution >= 4 is 0 Å². The number of rotatable bonds is 2. The molecule has 1 heterocycles. The Bertz CT molecular complexity index is 397. The third-order valence-corrected chi connectivity index (χ3v) is 3.59. The molecule has 3 heteroatoms. The summed E-state index contributed by atoms with van der Waals surface area (Å²) >= 11 is 0. The number of nitrogens with zero attached hydrogens (tertiary/aromatic N) is 1. The summed E-state index contributed by atoms with van der Waals surface area (Å²) in [6.45, 7) is 11.5. The lowest BCUT2D eigenvalue weighted by Gasteiger charge is -2.36. The SMILES string of the molecule is Cc1cc(CN2CC(C)NC(C)C2)cc(C)c1O. The average molecular weight is 248 g/mol. The summed E-state index contributed by atoms with van der Waals surface area (Å²) in [6, 6.07) is 5.29. The number of piperazine rings is 1. The highest BCUT2D eigenvalue weighted by Crippen LogP contribution is 2.24. The fourth-order valence-electron chi connectivity index (χ4n) is 2.96. The van der Waals surface area contributed by atoms with Crippen LogP contribution in [0.15, 0.2) is 12.1 Å². The zero-order valence-electron chi connectivity index (χ0n) is 11.8. The third-order valence-electron chi connectivity index (χ3n) is 3.59. The lowest BCUT2D eigenvalue weighted by Crippen LogP contribution is -2.53. The van der Waals surface area contributed by atoms with Crippen LogP contribution in [0, 0.1) is 13.8 Å². The predicted octanol–water partition coefficient (Wildman–Crippen LogP) is 2.19. The van der Waals surface area contributed by atoms with Crippen LogP contribution in [0.3, 0.4) is 0 Å². The Morgan fingerprint density at radius 1 is 1.17 bits per heavy atom. The minimum Gasteiger partial charge on any atom is -0.507 e. The molecule has 1 aromatic rings. The number of nitrogens with one attached hydrogen (secondary N) is 1. The van der Waals surface area contributed by atoms with Crippen LogP contribution in [-0.2, 0) is 6.54 Å². The summed E-state index contributed by atoms with van der Waals surface area (Å²) in [4.78, 5) is 2.48. The molecule has 0 radical (unpaired) electrons. The van der Waals surface area contributed by atoms with Gasteiger partial charge < -0.3 is 10.4 Å². The molecule has 18 heavy (non-hydrogen) atoms. The van der Waals surface area contributed by atoms with Gasteiger partial charge in [0.25, 0.3) is 0 Å². The molecule has 1 aliphatic rings. The quantitative estimate of drug-likeness (QED) is 0.842. The van der Waals surface area contributed by atoms with Crippen molar-refractivity contribution in [2.45, 2.75) is 46.3 Å². The van der Waals surface area contributed by atoms with Gasteiger partial charge in [-0.05, 0) is 44.4 Å². The lowest BCUT2D eigenvalue weighted by molar-refractivity contribution is 0.166. The van der Waals surface area contributed by atoms with Gasteiger partial charge in [-0.1, -0.05) is 12.1 Å². The molecule has 0 amide bonds. The molecule has 1 fully saturated rings. The van der Waals surface area contributed by atoms with Crippen LogP contribution in [0.5, 0.6) is 5.75 Å². The Morgan fingerprint density at radius 3 is 2.17 bits per heavy atom. The van der Waals surface area contributed by atoms with E-state index in [1.807, 2.05) is 13.8 Å². The number of hydrogen-bond acceptors (Lipinski definition) is 3. The van der Waals surface area contributed by atoms with Crippen molar-refractivity contribution in [1.82, 2.24) is 10.2 Å². The van der Waals surface area contributed by atoms with Gasteiger partial charge in [0.1, 0.15) is 5.75 Å². The van der Waals surface area contributed by atoms with Gasteiger partial charge in [0.15, 0.2) is 0 Å². The summed E-state index contributed by atoms with van der Waals surface area (Å²) in [5, 5.41) is 13.3. The van der Waals surface area contributed by atoms with Gasteiger partial charge in [-0.3, -0.25) is 4.90 Å². The van der Waals surface area contributed by atoms with E-state index in [2.05, 4.69) is 36.2 Å². The molecule has 1 aliphatic heterocycles. The van der Waals surface area contributed by atoms with E-state index < -0.39 is 0 Å². The molecular weight excluding hydrogens is 224 g/mol. The normalized spacial score (nSPS) is 25.3. The van der Waals surface area contributed by atoms with Crippen LogP contribution in [0.2, 0.25) is 0 Å². The number of benzene rings is 1. The van der Waals surface area contributed by atoms with Crippen molar-refractivity contribution in [2.24, 2.45) is 0 Å². The zero-order valence-corrected chi connectivity index (χ0v) is 11.8. The van der Waals surface area contributed by atoms with E-state index in [-0.39, 0.29) is 0 Å². The van der Waals surface area contributed by atoms with E-state index in [0.29, 0.717) is 17.8 Å². The van der Waals surface area contributed by atoms with E-state index >= 15 is 0 Å². The van der Waals surface area contributed by atoms with Crippen LogP contribution in [0.4, 0.5) is 0 Å². The second kappa shape index (κ2) is 5.29. The molecule has 100 valence electrons. The van der Waals surface area contributed by atoms with Gasteiger partial charge in [0, 0.05) is 31.7 Å². The maximum Gasteiger partial charge on any atom is 0.121 e. The maximum absolute atomic E-state index is 9.80. The monoisotopic (exact) mass is 248 g/mol. The fraction of sp³-hybridized carbons (Fsp3) is 0.600. The average Bonchev–Trinajstić information content (AvgIpc) is 2.24.